The highest BCUT2D eigenvalue weighted by Crippen LogP contribution is 2.19. The fourth-order valence-corrected chi connectivity index (χ4v) is 4.08. The molecule has 2 saturated heterocycles. The second-order valence-corrected chi connectivity index (χ2v) is 7.86. The number of hydrogen-bond acceptors (Lipinski definition) is 3. The van der Waals surface area contributed by atoms with E-state index in [4.69, 9.17) is 9.73 Å². The Morgan fingerprint density at radius 2 is 1.77 bits per heavy atom. The van der Waals surface area contributed by atoms with Crippen molar-refractivity contribution in [1.29, 1.82) is 0 Å². The number of aliphatic imine (C=N–C) groups is 1. The number of likely N-dealkylation sites (tertiary alicyclic amines) is 2. The number of halogens is 1. The largest absolute Gasteiger partial charge is 0.378 e. The van der Waals surface area contributed by atoms with Crippen molar-refractivity contribution in [3.8, 4) is 0 Å². The number of guanidine groups is 1. The van der Waals surface area contributed by atoms with Crippen molar-refractivity contribution >= 4 is 29.9 Å². The zero-order valence-corrected chi connectivity index (χ0v) is 19.7. The smallest absolute Gasteiger partial charge is 0.193 e. The van der Waals surface area contributed by atoms with Crippen LogP contribution in [0.2, 0.25) is 0 Å². The molecule has 0 bridgehead atoms. The van der Waals surface area contributed by atoms with Crippen molar-refractivity contribution in [2.45, 2.75) is 71.9 Å². The van der Waals surface area contributed by atoms with Crippen LogP contribution in [-0.2, 0) is 4.74 Å². The van der Waals surface area contributed by atoms with E-state index in [1.807, 2.05) is 0 Å². The molecule has 26 heavy (non-hydrogen) atoms. The summed E-state index contributed by atoms with van der Waals surface area (Å²) in [4.78, 5) is 10.1. The molecule has 1 N–H and O–H groups in total. The molecule has 0 saturated carbocycles. The molecule has 5 nitrogen and oxygen atoms in total. The van der Waals surface area contributed by atoms with Crippen molar-refractivity contribution in [2.24, 2.45) is 10.9 Å². The van der Waals surface area contributed by atoms with Crippen molar-refractivity contribution < 1.29 is 4.74 Å². The van der Waals surface area contributed by atoms with Gasteiger partial charge in [0.25, 0.3) is 0 Å². The van der Waals surface area contributed by atoms with E-state index in [0.29, 0.717) is 12.1 Å². The van der Waals surface area contributed by atoms with Crippen LogP contribution in [0.3, 0.4) is 0 Å². The van der Waals surface area contributed by atoms with Gasteiger partial charge in [-0.1, -0.05) is 13.8 Å². The first-order valence-electron chi connectivity index (χ1n) is 10.5. The molecule has 0 aromatic rings. The maximum absolute atomic E-state index is 5.79. The van der Waals surface area contributed by atoms with Gasteiger partial charge in [0.1, 0.15) is 0 Å². The van der Waals surface area contributed by atoms with Crippen LogP contribution in [-0.4, -0.2) is 73.8 Å². The standard InChI is InChI=1S/C20H40N4O.HI/c1-5-21-20(24-13-9-19(10-14-24)25-6-2)22-16-18(15-17(3)4)23-11-7-8-12-23;/h17-19H,5-16H2,1-4H3,(H,21,22);1H. The number of rotatable bonds is 8. The fraction of sp³-hybridized carbons (Fsp3) is 0.950. The summed E-state index contributed by atoms with van der Waals surface area (Å²) < 4.78 is 5.79. The summed E-state index contributed by atoms with van der Waals surface area (Å²) in [5.74, 6) is 1.83. The van der Waals surface area contributed by atoms with Gasteiger partial charge < -0.3 is 15.0 Å². The lowest BCUT2D eigenvalue weighted by Gasteiger charge is -2.34. The molecule has 0 aliphatic carbocycles. The first-order valence-corrected chi connectivity index (χ1v) is 10.5. The molecule has 0 aromatic heterocycles. The summed E-state index contributed by atoms with van der Waals surface area (Å²) in [5.41, 5.74) is 0. The van der Waals surface area contributed by atoms with Crippen LogP contribution in [0.4, 0.5) is 0 Å². The Labute approximate surface area is 178 Å². The number of nitrogens with zero attached hydrogens (tertiary/aromatic N) is 3. The van der Waals surface area contributed by atoms with Gasteiger partial charge in [0, 0.05) is 32.3 Å². The van der Waals surface area contributed by atoms with Gasteiger partial charge in [-0.15, -0.1) is 24.0 Å². The molecular weight excluding hydrogens is 439 g/mol. The van der Waals surface area contributed by atoms with Gasteiger partial charge in [-0.3, -0.25) is 9.89 Å². The second-order valence-electron chi connectivity index (χ2n) is 7.86. The third kappa shape index (κ3) is 7.89. The molecule has 1 unspecified atom stereocenters. The molecule has 0 spiro atoms. The normalized spacial score (nSPS) is 21.1. The summed E-state index contributed by atoms with van der Waals surface area (Å²) in [6.45, 7) is 16.2. The average Bonchev–Trinajstić information content (AvgIpc) is 3.12. The highest BCUT2D eigenvalue weighted by atomic mass is 127. The van der Waals surface area contributed by atoms with Crippen molar-refractivity contribution in [2.75, 3.05) is 45.9 Å². The van der Waals surface area contributed by atoms with Gasteiger partial charge in [-0.25, -0.2) is 0 Å². The number of nitrogens with one attached hydrogen (secondary N) is 1. The van der Waals surface area contributed by atoms with Gasteiger partial charge in [0.2, 0.25) is 0 Å². The monoisotopic (exact) mass is 480 g/mol. The minimum atomic E-state index is 0. The molecule has 0 aromatic carbocycles. The Morgan fingerprint density at radius 1 is 1.12 bits per heavy atom. The van der Waals surface area contributed by atoms with Crippen LogP contribution in [0.25, 0.3) is 0 Å². The van der Waals surface area contributed by atoms with E-state index >= 15 is 0 Å². The number of ether oxygens (including phenoxy) is 1. The maximum Gasteiger partial charge on any atom is 0.193 e. The molecule has 2 fully saturated rings. The Kier molecular flexibility index (Phi) is 12.1. The van der Waals surface area contributed by atoms with E-state index < -0.39 is 0 Å². The lowest BCUT2D eigenvalue weighted by Crippen LogP contribution is -2.47. The highest BCUT2D eigenvalue weighted by Gasteiger charge is 2.24. The summed E-state index contributed by atoms with van der Waals surface area (Å²) in [6.07, 6.45) is 6.60. The van der Waals surface area contributed by atoms with Gasteiger partial charge in [0.15, 0.2) is 5.96 Å². The topological polar surface area (TPSA) is 40.1 Å². The van der Waals surface area contributed by atoms with Crippen molar-refractivity contribution in [3.63, 3.8) is 0 Å². The molecule has 2 heterocycles. The molecule has 154 valence electrons. The molecule has 6 heteroatoms. The molecule has 0 amide bonds. The van der Waals surface area contributed by atoms with Crippen molar-refractivity contribution in [1.82, 2.24) is 15.1 Å². The van der Waals surface area contributed by atoms with Crippen LogP contribution in [0.1, 0.15) is 59.8 Å². The third-order valence-electron chi connectivity index (χ3n) is 5.33. The SMILES string of the molecule is CCNC(=NCC(CC(C)C)N1CCCC1)N1CCC(OCC)CC1.I. The van der Waals surface area contributed by atoms with Crippen LogP contribution >= 0.6 is 24.0 Å². The first kappa shape index (κ1) is 24.0. The lowest BCUT2D eigenvalue weighted by molar-refractivity contribution is 0.0263. The maximum atomic E-state index is 5.79. The molecule has 0 radical (unpaired) electrons. The predicted molar refractivity (Wildman–Crippen MR) is 122 cm³/mol. The summed E-state index contributed by atoms with van der Waals surface area (Å²) in [5, 5.41) is 3.52. The van der Waals surface area contributed by atoms with Crippen LogP contribution in [0.15, 0.2) is 4.99 Å². The van der Waals surface area contributed by atoms with E-state index in [2.05, 4.69) is 42.8 Å². The number of hydrogen-bond donors (Lipinski definition) is 1. The Morgan fingerprint density at radius 3 is 2.31 bits per heavy atom. The van der Waals surface area contributed by atoms with E-state index in [9.17, 15) is 0 Å². The van der Waals surface area contributed by atoms with Gasteiger partial charge >= 0.3 is 0 Å². The third-order valence-corrected chi connectivity index (χ3v) is 5.33. The Bertz CT molecular complexity index is 391. The quantitative estimate of drug-likeness (QED) is 0.328. The molecule has 2 aliphatic heterocycles. The Hall–Kier alpha value is -0.0800. The van der Waals surface area contributed by atoms with Gasteiger partial charge in [-0.2, -0.15) is 0 Å². The summed E-state index contributed by atoms with van der Waals surface area (Å²) in [6, 6.07) is 0.595. The highest BCUT2D eigenvalue weighted by molar-refractivity contribution is 14.0. The molecular formula is C20H41IN4O. The summed E-state index contributed by atoms with van der Waals surface area (Å²) >= 11 is 0. The number of piperidine rings is 1. The zero-order chi connectivity index (χ0) is 18.1. The minimum absolute atomic E-state index is 0. The first-order chi connectivity index (χ1) is 12.1. The van der Waals surface area contributed by atoms with E-state index in [0.717, 1.165) is 57.5 Å². The molecule has 2 aliphatic rings. The zero-order valence-electron chi connectivity index (χ0n) is 17.4. The lowest BCUT2D eigenvalue weighted by atomic mass is 10.0. The van der Waals surface area contributed by atoms with Crippen LogP contribution < -0.4 is 5.32 Å². The van der Waals surface area contributed by atoms with Crippen molar-refractivity contribution in [3.05, 3.63) is 0 Å². The van der Waals surface area contributed by atoms with E-state index in [-0.39, 0.29) is 24.0 Å². The molecule has 1 atom stereocenters. The van der Waals surface area contributed by atoms with Gasteiger partial charge in [-0.05, 0) is 65.0 Å². The molecule has 2 rings (SSSR count). The van der Waals surface area contributed by atoms with Crippen LogP contribution in [0.5, 0.6) is 0 Å². The van der Waals surface area contributed by atoms with E-state index in [1.54, 1.807) is 0 Å². The minimum Gasteiger partial charge on any atom is -0.378 e. The average molecular weight is 480 g/mol. The van der Waals surface area contributed by atoms with E-state index in [1.165, 1.54) is 32.4 Å². The second kappa shape index (κ2) is 13.2. The predicted octanol–water partition coefficient (Wildman–Crippen LogP) is 3.58. The fourth-order valence-electron chi connectivity index (χ4n) is 4.08. The van der Waals surface area contributed by atoms with Gasteiger partial charge in [0.05, 0.1) is 12.6 Å². The Balaban J connectivity index is 0.00000338. The summed E-state index contributed by atoms with van der Waals surface area (Å²) in [7, 11) is 0. The van der Waals surface area contributed by atoms with Crippen LogP contribution in [0, 0.1) is 5.92 Å².